The number of halogens is 4. The van der Waals surface area contributed by atoms with Gasteiger partial charge >= 0.3 is 6.18 Å². The summed E-state index contributed by atoms with van der Waals surface area (Å²) in [5.41, 5.74) is 0.839. The zero-order valence-electron chi connectivity index (χ0n) is 12.5. The van der Waals surface area contributed by atoms with Gasteiger partial charge in [0.2, 0.25) is 0 Å². The van der Waals surface area contributed by atoms with Crippen LogP contribution in [0.2, 0.25) is 0 Å². The van der Waals surface area contributed by atoms with Gasteiger partial charge in [0, 0.05) is 16.6 Å². The fraction of sp³-hybridized carbons (Fsp3) is 0.118. The van der Waals surface area contributed by atoms with E-state index >= 15 is 0 Å². The molecule has 0 fully saturated rings. The SMILES string of the molecule is Cc1c(C(=O)Nc2ccc(C(F)(F)F)cc2)[nH]c2ccc(F)cc12. The molecule has 1 aromatic heterocycles. The molecule has 0 aliphatic heterocycles. The maximum atomic E-state index is 13.3. The molecule has 24 heavy (non-hydrogen) atoms. The molecule has 0 bridgehead atoms. The Labute approximate surface area is 134 Å². The van der Waals surface area contributed by atoms with Crippen LogP contribution in [-0.2, 0) is 6.18 Å². The van der Waals surface area contributed by atoms with E-state index < -0.39 is 23.5 Å². The lowest BCUT2D eigenvalue weighted by molar-refractivity contribution is -0.137. The van der Waals surface area contributed by atoms with Gasteiger partial charge in [0.15, 0.2) is 0 Å². The van der Waals surface area contributed by atoms with Crippen LogP contribution < -0.4 is 5.32 Å². The summed E-state index contributed by atoms with van der Waals surface area (Å²) >= 11 is 0. The molecule has 0 atom stereocenters. The van der Waals surface area contributed by atoms with Gasteiger partial charge in [-0.25, -0.2) is 4.39 Å². The van der Waals surface area contributed by atoms with Gasteiger partial charge in [-0.05, 0) is 55.0 Å². The van der Waals surface area contributed by atoms with Crippen molar-refractivity contribution in [2.75, 3.05) is 5.32 Å². The Morgan fingerprint density at radius 1 is 1.08 bits per heavy atom. The molecule has 1 amide bonds. The molecule has 0 radical (unpaired) electrons. The second-order valence-electron chi connectivity index (χ2n) is 5.34. The highest BCUT2D eigenvalue weighted by Gasteiger charge is 2.30. The van der Waals surface area contributed by atoms with E-state index in [4.69, 9.17) is 0 Å². The van der Waals surface area contributed by atoms with Gasteiger partial charge in [-0.2, -0.15) is 13.2 Å². The first-order chi connectivity index (χ1) is 11.3. The van der Waals surface area contributed by atoms with Crippen LogP contribution in [0.25, 0.3) is 10.9 Å². The number of nitrogens with one attached hydrogen (secondary N) is 2. The Balaban J connectivity index is 1.86. The summed E-state index contributed by atoms with van der Waals surface area (Å²) in [5.74, 6) is -0.928. The lowest BCUT2D eigenvalue weighted by Gasteiger charge is -2.08. The number of anilines is 1. The normalized spacial score (nSPS) is 11.7. The number of aromatic amines is 1. The van der Waals surface area contributed by atoms with Crippen molar-refractivity contribution in [3.05, 3.63) is 65.1 Å². The Kier molecular flexibility index (Phi) is 3.79. The van der Waals surface area contributed by atoms with E-state index in [1.807, 2.05) is 0 Å². The van der Waals surface area contributed by atoms with E-state index in [0.717, 1.165) is 12.1 Å². The van der Waals surface area contributed by atoms with Crippen LogP contribution in [-0.4, -0.2) is 10.9 Å². The van der Waals surface area contributed by atoms with E-state index in [0.29, 0.717) is 16.5 Å². The quantitative estimate of drug-likeness (QED) is 0.643. The number of benzene rings is 2. The van der Waals surface area contributed by atoms with E-state index in [-0.39, 0.29) is 11.4 Å². The molecule has 0 unspecified atom stereocenters. The van der Waals surface area contributed by atoms with E-state index in [9.17, 15) is 22.4 Å². The number of hydrogen-bond donors (Lipinski definition) is 2. The van der Waals surface area contributed by atoms with Crippen molar-refractivity contribution >= 4 is 22.5 Å². The van der Waals surface area contributed by atoms with E-state index in [2.05, 4.69) is 10.3 Å². The number of rotatable bonds is 2. The van der Waals surface area contributed by atoms with Crippen LogP contribution in [0.15, 0.2) is 42.5 Å². The molecule has 124 valence electrons. The average molecular weight is 336 g/mol. The third-order valence-electron chi connectivity index (χ3n) is 3.72. The third kappa shape index (κ3) is 2.97. The van der Waals surface area contributed by atoms with Gasteiger partial charge in [-0.3, -0.25) is 4.79 Å². The van der Waals surface area contributed by atoms with E-state index in [1.54, 1.807) is 6.92 Å². The number of carbonyl (C=O) groups excluding carboxylic acids is 1. The average Bonchev–Trinajstić information content (AvgIpc) is 2.84. The van der Waals surface area contributed by atoms with Crippen LogP contribution in [0.5, 0.6) is 0 Å². The van der Waals surface area contributed by atoms with Crippen molar-refractivity contribution in [2.45, 2.75) is 13.1 Å². The summed E-state index contributed by atoms with van der Waals surface area (Å²) in [5, 5.41) is 3.10. The fourth-order valence-corrected chi connectivity index (χ4v) is 2.46. The lowest BCUT2D eigenvalue weighted by Crippen LogP contribution is -2.14. The van der Waals surface area contributed by atoms with Crippen LogP contribution in [0.3, 0.4) is 0 Å². The van der Waals surface area contributed by atoms with Crippen molar-refractivity contribution in [3.8, 4) is 0 Å². The fourth-order valence-electron chi connectivity index (χ4n) is 2.46. The second kappa shape index (κ2) is 5.67. The molecule has 3 aromatic rings. The van der Waals surface area contributed by atoms with Gasteiger partial charge in [-0.1, -0.05) is 0 Å². The number of fused-ring (bicyclic) bond motifs is 1. The van der Waals surface area contributed by atoms with Crippen molar-refractivity contribution in [3.63, 3.8) is 0 Å². The number of amides is 1. The van der Waals surface area contributed by atoms with Crippen molar-refractivity contribution in [1.82, 2.24) is 4.98 Å². The van der Waals surface area contributed by atoms with Crippen LogP contribution in [0.4, 0.5) is 23.2 Å². The number of carbonyl (C=O) groups is 1. The third-order valence-corrected chi connectivity index (χ3v) is 3.72. The van der Waals surface area contributed by atoms with Crippen molar-refractivity contribution < 1.29 is 22.4 Å². The van der Waals surface area contributed by atoms with E-state index in [1.165, 1.54) is 30.3 Å². The van der Waals surface area contributed by atoms with Gasteiger partial charge in [0.1, 0.15) is 11.5 Å². The summed E-state index contributed by atoms with van der Waals surface area (Å²) in [6, 6.07) is 8.25. The zero-order chi connectivity index (χ0) is 17.5. The first-order valence-corrected chi connectivity index (χ1v) is 7.02. The molecule has 0 aliphatic carbocycles. The molecule has 3 nitrogen and oxygen atoms in total. The zero-order valence-corrected chi connectivity index (χ0v) is 12.5. The predicted octanol–water partition coefficient (Wildman–Crippen LogP) is 4.89. The van der Waals surface area contributed by atoms with Crippen molar-refractivity contribution in [2.24, 2.45) is 0 Å². The van der Waals surface area contributed by atoms with Gasteiger partial charge < -0.3 is 10.3 Å². The first-order valence-electron chi connectivity index (χ1n) is 7.02. The number of H-pyrrole nitrogens is 1. The summed E-state index contributed by atoms with van der Waals surface area (Å²) in [4.78, 5) is 15.2. The number of alkyl halides is 3. The maximum Gasteiger partial charge on any atom is 0.416 e. The Morgan fingerprint density at radius 2 is 1.75 bits per heavy atom. The van der Waals surface area contributed by atoms with Crippen molar-refractivity contribution in [1.29, 1.82) is 0 Å². The Bertz CT molecular complexity index is 911. The standard InChI is InChI=1S/C17H12F4N2O/c1-9-13-8-11(18)4-7-14(13)23-15(9)16(24)22-12-5-2-10(3-6-12)17(19,20)21/h2-8,23H,1H3,(H,22,24). The molecule has 3 rings (SSSR count). The number of hydrogen-bond acceptors (Lipinski definition) is 1. The number of aromatic nitrogens is 1. The van der Waals surface area contributed by atoms with Crippen LogP contribution >= 0.6 is 0 Å². The van der Waals surface area contributed by atoms with Gasteiger partial charge in [-0.15, -0.1) is 0 Å². The molecule has 0 aliphatic rings. The van der Waals surface area contributed by atoms with Crippen LogP contribution in [0.1, 0.15) is 21.6 Å². The lowest BCUT2D eigenvalue weighted by atomic mass is 10.1. The highest BCUT2D eigenvalue weighted by Crippen LogP contribution is 2.30. The second-order valence-corrected chi connectivity index (χ2v) is 5.34. The number of aryl methyl sites for hydroxylation is 1. The van der Waals surface area contributed by atoms with Gasteiger partial charge in [0.25, 0.3) is 5.91 Å². The Morgan fingerprint density at radius 3 is 2.38 bits per heavy atom. The molecular weight excluding hydrogens is 324 g/mol. The minimum atomic E-state index is -4.43. The highest BCUT2D eigenvalue weighted by atomic mass is 19.4. The molecule has 2 aromatic carbocycles. The minimum Gasteiger partial charge on any atom is -0.350 e. The Hall–Kier alpha value is -2.83. The highest BCUT2D eigenvalue weighted by molar-refractivity contribution is 6.07. The topological polar surface area (TPSA) is 44.9 Å². The largest absolute Gasteiger partial charge is 0.416 e. The smallest absolute Gasteiger partial charge is 0.350 e. The summed E-state index contributed by atoms with van der Waals surface area (Å²) in [6.45, 7) is 1.67. The summed E-state index contributed by atoms with van der Waals surface area (Å²) in [7, 11) is 0. The molecular formula is C17H12F4N2O. The monoisotopic (exact) mass is 336 g/mol. The molecule has 0 saturated carbocycles. The van der Waals surface area contributed by atoms with Gasteiger partial charge in [0.05, 0.1) is 5.56 Å². The molecule has 2 N–H and O–H groups in total. The maximum absolute atomic E-state index is 13.3. The predicted molar refractivity (Wildman–Crippen MR) is 82.4 cm³/mol. The molecule has 7 heteroatoms. The minimum absolute atomic E-state index is 0.232. The molecule has 1 heterocycles. The summed E-state index contributed by atoms with van der Waals surface area (Å²) < 4.78 is 50.9. The first kappa shape index (κ1) is 16.0. The molecule has 0 saturated heterocycles. The molecule has 0 spiro atoms. The summed E-state index contributed by atoms with van der Waals surface area (Å²) in [6.07, 6.45) is -4.43. The van der Waals surface area contributed by atoms with Crippen LogP contribution in [0, 0.1) is 12.7 Å².